The van der Waals surface area contributed by atoms with Crippen LogP contribution >= 0.6 is 15.6 Å². The first-order valence-corrected chi connectivity index (χ1v) is 13.9. The van der Waals surface area contributed by atoms with Crippen LogP contribution in [0.1, 0.15) is 64.2 Å². The van der Waals surface area contributed by atoms with E-state index in [1.807, 2.05) is 12.2 Å². The maximum Gasteiger partial charge on any atom is 0.469 e. The average Bonchev–Trinajstić information content (AvgIpc) is 2.69. The maximum absolute atomic E-state index is 10.5. The topological polar surface area (TPSA) is 134 Å². The van der Waals surface area contributed by atoms with E-state index in [4.69, 9.17) is 19.6 Å². The summed E-state index contributed by atoms with van der Waals surface area (Å²) in [4.78, 5) is 34.2. The van der Waals surface area contributed by atoms with Gasteiger partial charge < -0.3 is 19.6 Å². The Kier molecular flexibility index (Phi) is 19.8. The van der Waals surface area contributed by atoms with Gasteiger partial charge in [-0.25, -0.2) is 9.13 Å². The van der Waals surface area contributed by atoms with Crippen molar-refractivity contribution in [1.29, 1.82) is 0 Å². The van der Waals surface area contributed by atoms with E-state index >= 15 is 0 Å². The van der Waals surface area contributed by atoms with Crippen molar-refractivity contribution < 1.29 is 37.8 Å². The number of phosphoric ester groups is 2. The summed E-state index contributed by atoms with van der Waals surface area (Å²) in [5, 5.41) is 0. The van der Waals surface area contributed by atoms with Crippen LogP contribution in [0.4, 0.5) is 0 Å². The van der Waals surface area contributed by atoms with Crippen molar-refractivity contribution in [2.75, 3.05) is 13.2 Å². The zero-order valence-corrected chi connectivity index (χ0v) is 20.4. The van der Waals surface area contributed by atoms with Gasteiger partial charge in [0, 0.05) is 0 Å². The summed E-state index contributed by atoms with van der Waals surface area (Å²) in [7, 11) is -8.65. The minimum Gasteiger partial charge on any atom is -0.303 e. The number of hydrogen-bond acceptors (Lipinski definition) is 4. The maximum atomic E-state index is 10.5. The van der Waals surface area contributed by atoms with Crippen molar-refractivity contribution in [3.63, 3.8) is 0 Å². The Labute approximate surface area is 191 Å². The highest BCUT2D eigenvalue weighted by molar-refractivity contribution is 7.46. The molecule has 0 saturated carbocycles. The van der Waals surface area contributed by atoms with Crippen molar-refractivity contribution >= 4 is 15.6 Å². The fourth-order valence-corrected chi connectivity index (χ4v) is 3.16. The second-order valence-corrected chi connectivity index (χ2v) is 9.42. The lowest BCUT2D eigenvalue weighted by Crippen LogP contribution is -1.91. The molecule has 0 aliphatic rings. The minimum atomic E-state index is -4.34. The van der Waals surface area contributed by atoms with Crippen LogP contribution in [-0.4, -0.2) is 32.8 Å². The van der Waals surface area contributed by atoms with Gasteiger partial charge in [-0.2, -0.15) is 0 Å². The zero-order valence-electron chi connectivity index (χ0n) is 18.6. The molecule has 0 rings (SSSR count). The van der Waals surface area contributed by atoms with Crippen LogP contribution in [0.5, 0.6) is 0 Å². The zero-order chi connectivity index (χ0) is 24.0. The molecule has 0 aliphatic carbocycles. The number of rotatable bonds is 20. The van der Waals surface area contributed by atoms with E-state index in [2.05, 4.69) is 57.7 Å². The fraction of sp³-hybridized carbons (Fsp3) is 0.545. The summed E-state index contributed by atoms with van der Waals surface area (Å²) in [6, 6.07) is 0. The standard InChI is InChI=1S/C22H38O8P2/c23-31(24,25)29-21-19-17-15-13-11-9-7-5-3-1-2-4-6-8-10-12-14-16-18-20-22-30-32(26,27)28/h1,3-4,6-7,9-10,12-13,15H,2,5,8,11,14,16-22H2,(H2,23,24,25)(H2,26,27,28)/b3-1+,6-4+,9-7+,12-10+,15-13+. The van der Waals surface area contributed by atoms with Crippen LogP contribution in [0.3, 0.4) is 0 Å². The van der Waals surface area contributed by atoms with Gasteiger partial charge in [0.1, 0.15) is 0 Å². The molecule has 0 atom stereocenters. The Morgan fingerprint density at radius 2 is 0.812 bits per heavy atom. The molecular formula is C22H38O8P2. The lowest BCUT2D eigenvalue weighted by atomic mass is 10.2. The Bertz CT molecular complexity index is 686. The predicted octanol–water partition coefficient (Wildman–Crippen LogP) is 5.89. The molecule has 10 heteroatoms. The first-order chi connectivity index (χ1) is 15.2. The van der Waals surface area contributed by atoms with Crippen LogP contribution in [0.15, 0.2) is 60.8 Å². The molecule has 0 aromatic carbocycles. The van der Waals surface area contributed by atoms with E-state index in [9.17, 15) is 9.13 Å². The van der Waals surface area contributed by atoms with E-state index in [-0.39, 0.29) is 13.2 Å². The summed E-state index contributed by atoms with van der Waals surface area (Å²) in [6.45, 7) is 0.154. The third-order valence-corrected chi connectivity index (χ3v) is 5.01. The van der Waals surface area contributed by atoms with Crippen molar-refractivity contribution in [2.45, 2.75) is 64.2 Å². The Hall–Kier alpha value is -1.08. The predicted molar refractivity (Wildman–Crippen MR) is 128 cm³/mol. The monoisotopic (exact) mass is 492 g/mol. The Balaban J connectivity index is 3.49. The Morgan fingerprint density at radius 1 is 0.469 bits per heavy atom. The molecule has 0 aliphatic heterocycles. The molecule has 32 heavy (non-hydrogen) atoms. The SMILES string of the molecule is O=P(O)(O)OCCC/C=C/C/C=C/C/C=C/C/C=C/C/C=C/CCCCCOP(=O)(O)O. The molecule has 0 aromatic heterocycles. The van der Waals surface area contributed by atoms with E-state index in [1.54, 1.807) is 0 Å². The van der Waals surface area contributed by atoms with Crippen molar-refractivity contribution in [1.82, 2.24) is 0 Å². The van der Waals surface area contributed by atoms with Crippen LogP contribution in [0, 0.1) is 0 Å². The molecule has 0 spiro atoms. The molecular weight excluding hydrogens is 454 g/mol. The molecule has 4 N–H and O–H groups in total. The Morgan fingerprint density at radius 3 is 1.22 bits per heavy atom. The molecule has 0 bridgehead atoms. The van der Waals surface area contributed by atoms with Gasteiger partial charge in [-0.1, -0.05) is 67.2 Å². The number of phosphoric acid groups is 2. The quantitative estimate of drug-likeness (QED) is 0.0940. The van der Waals surface area contributed by atoms with Gasteiger partial charge in [-0.15, -0.1) is 0 Å². The lowest BCUT2D eigenvalue weighted by molar-refractivity contribution is 0.192. The van der Waals surface area contributed by atoms with Gasteiger partial charge >= 0.3 is 15.6 Å². The van der Waals surface area contributed by atoms with E-state index < -0.39 is 15.6 Å². The lowest BCUT2D eigenvalue weighted by Gasteiger charge is -2.03. The summed E-state index contributed by atoms with van der Waals surface area (Å²) in [6.07, 6.45) is 29.2. The molecule has 0 radical (unpaired) electrons. The van der Waals surface area contributed by atoms with Gasteiger partial charge in [0.15, 0.2) is 0 Å². The molecule has 0 amide bonds. The smallest absolute Gasteiger partial charge is 0.303 e. The first kappa shape index (κ1) is 30.9. The summed E-state index contributed by atoms with van der Waals surface area (Å²) < 4.78 is 29.7. The molecule has 0 fully saturated rings. The second-order valence-electron chi connectivity index (χ2n) is 6.94. The first-order valence-electron chi connectivity index (χ1n) is 10.9. The van der Waals surface area contributed by atoms with Crippen molar-refractivity contribution in [2.24, 2.45) is 0 Å². The van der Waals surface area contributed by atoms with Gasteiger partial charge in [-0.3, -0.25) is 9.05 Å². The number of unbranched alkanes of at least 4 members (excludes halogenated alkanes) is 4. The van der Waals surface area contributed by atoms with Gasteiger partial charge in [-0.05, 0) is 57.8 Å². The largest absolute Gasteiger partial charge is 0.469 e. The van der Waals surface area contributed by atoms with E-state index in [1.165, 1.54) is 0 Å². The van der Waals surface area contributed by atoms with Crippen LogP contribution in [0.25, 0.3) is 0 Å². The van der Waals surface area contributed by atoms with Crippen LogP contribution in [0.2, 0.25) is 0 Å². The summed E-state index contributed by atoms with van der Waals surface area (Å²) in [5.74, 6) is 0. The molecule has 184 valence electrons. The third kappa shape index (κ3) is 28.9. The van der Waals surface area contributed by atoms with E-state index in [0.29, 0.717) is 12.8 Å². The highest BCUT2D eigenvalue weighted by Gasteiger charge is 2.12. The van der Waals surface area contributed by atoms with Crippen molar-refractivity contribution in [3.05, 3.63) is 60.8 Å². The van der Waals surface area contributed by atoms with Crippen LogP contribution < -0.4 is 0 Å². The van der Waals surface area contributed by atoms with Gasteiger partial charge in [0.2, 0.25) is 0 Å². The highest BCUT2D eigenvalue weighted by atomic mass is 31.2. The molecule has 0 heterocycles. The third-order valence-electron chi connectivity index (χ3n) is 3.97. The van der Waals surface area contributed by atoms with E-state index in [0.717, 1.165) is 51.4 Å². The molecule has 0 aromatic rings. The van der Waals surface area contributed by atoms with Gasteiger partial charge in [0.25, 0.3) is 0 Å². The normalized spacial score (nSPS) is 13.8. The number of hydrogen-bond donors (Lipinski definition) is 4. The number of allylic oxidation sites excluding steroid dienone is 10. The summed E-state index contributed by atoms with van der Waals surface area (Å²) >= 11 is 0. The second kappa shape index (κ2) is 20.5. The minimum absolute atomic E-state index is 0.0575. The van der Waals surface area contributed by atoms with Crippen LogP contribution in [-0.2, 0) is 18.2 Å². The molecule has 0 saturated heterocycles. The van der Waals surface area contributed by atoms with Gasteiger partial charge in [0.05, 0.1) is 13.2 Å². The van der Waals surface area contributed by atoms with Crippen molar-refractivity contribution in [3.8, 4) is 0 Å². The molecule has 8 nitrogen and oxygen atoms in total. The molecule has 0 unspecified atom stereocenters. The summed E-state index contributed by atoms with van der Waals surface area (Å²) in [5.41, 5.74) is 0. The highest BCUT2D eigenvalue weighted by Crippen LogP contribution is 2.36. The fourth-order valence-electron chi connectivity index (χ4n) is 2.43. The average molecular weight is 492 g/mol.